The van der Waals surface area contributed by atoms with E-state index in [9.17, 15) is 4.79 Å². The molecular weight excluding hydrogens is 346 g/mol. The first-order valence-electron chi connectivity index (χ1n) is 6.82. The van der Waals surface area contributed by atoms with Gasteiger partial charge in [-0.2, -0.15) is 0 Å². The zero-order chi connectivity index (χ0) is 15.9. The van der Waals surface area contributed by atoms with Gasteiger partial charge in [0.2, 0.25) is 5.95 Å². The number of benzene rings is 1. The van der Waals surface area contributed by atoms with Crippen molar-refractivity contribution < 1.29 is 4.79 Å². The van der Waals surface area contributed by atoms with Gasteiger partial charge in [-0.3, -0.25) is 4.79 Å². The molecular formula is C15H18BrN5O. The van der Waals surface area contributed by atoms with Crippen molar-refractivity contribution in [3.8, 4) is 0 Å². The molecule has 116 valence electrons. The van der Waals surface area contributed by atoms with Gasteiger partial charge in [0, 0.05) is 35.6 Å². The van der Waals surface area contributed by atoms with Crippen molar-refractivity contribution in [2.24, 2.45) is 0 Å². The van der Waals surface area contributed by atoms with Crippen LogP contribution < -0.4 is 10.6 Å². The van der Waals surface area contributed by atoms with Gasteiger partial charge >= 0.3 is 0 Å². The predicted octanol–water partition coefficient (Wildman–Crippen LogP) is 2.46. The molecule has 0 aliphatic rings. The highest BCUT2D eigenvalue weighted by Crippen LogP contribution is 2.16. The number of likely N-dealkylation sites (N-methyl/N-ethyl adjacent to an activating group) is 1. The van der Waals surface area contributed by atoms with E-state index in [1.54, 1.807) is 0 Å². The molecule has 2 N–H and O–H groups in total. The number of carbonyl (C=O) groups is 1. The van der Waals surface area contributed by atoms with Crippen molar-refractivity contribution in [1.82, 2.24) is 14.9 Å². The first-order chi connectivity index (χ1) is 10.5. The van der Waals surface area contributed by atoms with Gasteiger partial charge in [0.25, 0.3) is 5.91 Å². The number of nitrogens with one attached hydrogen (secondary N) is 2. The fraction of sp³-hybridized carbons (Fsp3) is 0.267. The standard InChI is InChI=1S/C15H18BrN5O/c1-21(2)7-6-17-15-18-9-11(10-19-15)14(22)20-13-5-3-4-12(16)8-13/h3-5,8-10H,6-7H2,1-2H3,(H,20,22)(H,17,18,19). The average molecular weight is 364 g/mol. The third kappa shape index (κ3) is 5.09. The van der Waals surface area contributed by atoms with Crippen LogP contribution in [0.4, 0.5) is 11.6 Å². The minimum absolute atomic E-state index is 0.238. The van der Waals surface area contributed by atoms with Crippen LogP contribution in [0.3, 0.4) is 0 Å². The summed E-state index contributed by atoms with van der Waals surface area (Å²) < 4.78 is 0.905. The Balaban J connectivity index is 1.93. The SMILES string of the molecule is CN(C)CCNc1ncc(C(=O)Nc2cccc(Br)c2)cn1. The minimum atomic E-state index is -0.238. The summed E-state index contributed by atoms with van der Waals surface area (Å²) in [5, 5.41) is 5.90. The molecule has 6 nitrogen and oxygen atoms in total. The molecule has 1 aromatic heterocycles. The summed E-state index contributed by atoms with van der Waals surface area (Å²) in [6.07, 6.45) is 3.02. The van der Waals surface area contributed by atoms with Crippen molar-refractivity contribution in [3.63, 3.8) is 0 Å². The fourth-order valence-electron chi connectivity index (χ4n) is 1.70. The lowest BCUT2D eigenvalue weighted by atomic mass is 10.3. The molecule has 1 heterocycles. The van der Waals surface area contributed by atoms with Crippen molar-refractivity contribution in [1.29, 1.82) is 0 Å². The summed E-state index contributed by atoms with van der Waals surface area (Å²) in [6.45, 7) is 1.63. The number of aromatic nitrogens is 2. The Kier molecular flexibility index (Phi) is 5.85. The van der Waals surface area contributed by atoms with E-state index >= 15 is 0 Å². The van der Waals surface area contributed by atoms with E-state index in [4.69, 9.17) is 0 Å². The third-order valence-electron chi connectivity index (χ3n) is 2.84. The topological polar surface area (TPSA) is 70.2 Å². The maximum atomic E-state index is 12.1. The third-order valence-corrected chi connectivity index (χ3v) is 3.33. The molecule has 0 spiro atoms. The quantitative estimate of drug-likeness (QED) is 0.824. The van der Waals surface area contributed by atoms with Crippen LogP contribution in [0.15, 0.2) is 41.1 Å². The van der Waals surface area contributed by atoms with Crippen LogP contribution in [0.5, 0.6) is 0 Å². The second-order valence-corrected chi connectivity index (χ2v) is 5.91. The maximum Gasteiger partial charge on any atom is 0.258 e. The molecule has 7 heteroatoms. The fourth-order valence-corrected chi connectivity index (χ4v) is 2.10. The molecule has 0 bridgehead atoms. The first-order valence-corrected chi connectivity index (χ1v) is 7.61. The summed E-state index contributed by atoms with van der Waals surface area (Å²) >= 11 is 3.36. The zero-order valence-electron chi connectivity index (χ0n) is 12.5. The normalized spacial score (nSPS) is 10.5. The van der Waals surface area contributed by atoms with Crippen LogP contribution in [0.1, 0.15) is 10.4 Å². The van der Waals surface area contributed by atoms with E-state index in [0.29, 0.717) is 17.2 Å². The van der Waals surface area contributed by atoms with E-state index < -0.39 is 0 Å². The molecule has 1 amide bonds. The van der Waals surface area contributed by atoms with Gasteiger partial charge in [0.1, 0.15) is 0 Å². The number of anilines is 2. The minimum Gasteiger partial charge on any atom is -0.353 e. The van der Waals surface area contributed by atoms with Crippen molar-refractivity contribution in [2.45, 2.75) is 0 Å². The van der Waals surface area contributed by atoms with Gasteiger partial charge in [-0.1, -0.05) is 22.0 Å². The van der Waals surface area contributed by atoms with Gasteiger partial charge in [-0.25, -0.2) is 9.97 Å². The van der Waals surface area contributed by atoms with Crippen LogP contribution >= 0.6 is 15.9 Å². The Labute approximate surface area is 138 Å². The first kappa shape index (κ1) is 16.4. The molecule has 0 aliphatic carbocycles. The van der Waals surface area contributed by atoms with Crippen LogP contribution in [-0.2, 0) is 0 Å². The Morgan fingerprint density at radius 2 is 2.00 bits per heavy atom. The van der Waals surface area contributed by atoms with E-state index in [1.165, 1.54) is 12.4 Å². The Morgan fingerprint density at radius 3 is 2.64 bits per heavy atom. The molecule has 0 saturated carbocycles. The molecule has 0 radical (unpaired) electrons. The summed E-state index contributed by atoms with van der Waals surface area (Å²) in [7, 11) is 4.00. The number of halogens is 1. The lowest BCUT2D eigenvalue weighted by Crippen LogP contribution is -2.21. The molecule has 2 aromatic rings. The van der Waals surface area contributed by atoms with Crippen LogP contribution in [0.2, 0.25) is 0 Å². The van der Waals surface area contributed by atoms with E-state index in [2.05, 4.69) is 41.4 Å². The summed E-state index contributed by atoms with van der Waals surface area (Å²) in [4.78, 5) is 22.5. The number of rotatable bonds is 6. The van der Waals surface area contributed by atoms with Crippen molar-refractivity contribution in [3.05, 3.63) is 46.7 Å². The number of nitrogens with zero attached hydrogens (tertiary/aromatic N) is 3. The average Bonchev–Trinajstić information content (AvgIpc) is 2.47. The molecule has 22 heavy (non-hydrogen) atoms. The molecule has 0 saturated heterocycles. The highest BCUT2D eigenvalue weighted by Gasteiger charge is 2.08. The lowest BCUT2D eigenvalue weighted by molar-refractivity contribution is 0.102. The second-order valence-electron chi connectivity index (χ2n) is 4.99. The van der Waals surface area contributed by atoms with Crippen LogP contribution in [0.25, 0.3) is 0 Å². The van der Waals surface area contributed by atoms with Gasteiger partial charge in [0.05, 0.1) is 5.56 Å². The number of carbonyl (C=O) groups excluding carboxylic acids is 1. The maximum absolute atomic E-state index is 12.1. The van der Waals surface area contributed by atoms with Gasteiger partial charge in [-0.05, 0) is 32.3 Å². The lowest BCUT2D eigenvalue weighted by Gasteiger charge is -2.10. The highest BCUT2D eigenvalue weighted by molar-refractivity contribution is 9.10. The van der Waals surface area contributed by atoms with Gasteiger partial charge in [-0.15, -0.1) is 0 Å². The molecule has 0 unspecified atom stereocenters. The summed E-state index contributed by atoms with van der Waals surface area (Å²) in [5.41, 5.74) is 1.13. The Bertz CT molecular complexity index is 630. The smallest absolute Gasteiger partial charge is 0.258 e. The molecule has 2 rings (SSSR count). The molecule has 1 aromatic carbocycles. The Morgan fingerprint density at radius 1 is 1.27 bits per heavy atom. The van der Waals surface area contributed by atoms with Gasteiger partial charge in [0.15, 0.2) is 0 Å². The Hall–Kier alpha value is -1.99. The largest absolute Gasteiger partial charge is 0.353 e. The second kappa shape index (κ2) is 7.86. The number of hydrogen-bond donors (Lipinski definition) is 2. The predicted molar refractivity (Wildman–Crippen MR) is 91.2 cm³/mol. The van der Waals surface area contributed by atoms with Crippen LogP contribution in [-0.4, -0.2) is 48.0 Å². The van der Waals surface area contributed by atoms with Crippen molar-refractivity contribution >= 4 is 33.5 Å². The number of amides is 1. The van der Waals surface area contributed by atoms with Crippen LogP contribution in [0, 0.1) is 0 Å². The van der Waals surface area contributed by atoms with Crippen molar-refractivity contribution in [2.75, 3.05) is 37.8 Å². The van der Waals surface area contributed by atoms with Gasteiger partial charge < -0.3 is 15.5 Å². The highest BCUT2D eigenvalue weighted by atomic mass is 79.9. The number of hydrogen-bond acceptors (Lipinski definition) is 5. The van der Waals surface area contributed by atoms with E-state index in [-0.39, 0.29) is 5.91 Å². The van der Waals surface area contributed by atoms with E-state index in [1.807, 2.05) is 38.4 Å². The molecule has 0 fully saturated rings. The summed E-state index contributed by atoms with van der Waals surface area (Å²) in [5.74, 6) is 0.277. The molecule has 0 atom stereocenters. The summed E-state index contributed by atoms with van der Waals surface area (Å²) in [6, 6.07) is 7.40. The zero-order valence-corrected chi connectivity index (χ0v) is 14.1. The molecule has 0 aliphatic heterocycles. The van der Waals surface area contributed by atoms with E-state index in [0.717, 1.165) is 17.6 Å². The monoisotopic (exact) mass is 363 g/mol.